The van der Waals surface area contributed by atoms with Gasteiger partial charge in [-0.1, -0.05) is 20.3 Å². The molecule has 0 saturated heterocycles. The lowest BCUT2D eigenvalue weighted by molar-refractivity contribution is -0.254. The van der Waals surface area contributed by atoms with E-state index in [-0.39, 0.29) is 19.3 Å². The van der Waals surface area contributed by atoms with Gasteiger partial charge in [-0.05, 0) is 50.4 Å². The van der Waals surface area contributed by atoms with E-state index in [9.17, 15) is 29.4 Å². The summed E-state index contributed by atoms with van der Waals surface area (Å²) in [5, 5.41) is 30.6. The third kappa shape index (κ3) is 2.67. The van der Waals surface area contributed by atoms with Crippen LogP contribution in [-0.2, 0) is 23.9 Å². The number of fused-ring (bicyclic) bond motifs is 5. The molecule has 10 atom stereocenters. The third-order valence-corrected chi connectivity index (χ3v) is 10.0. The van der Waals surface area contributed by atoms with Gasteiger partial charge in [0.05, 0.1) is 22.9 Å². The van der Waals surface area contributed by atoms with Crippen LogP contribution in [0.15, 0.2) is 0 Å². The van der Waals surface area contributed by atoms with Gasteiger partial charge in [-0.15, -0.1) is 0 Å². The van der Waals surface area contributed by atoms with Gasteiger partial charge in [0.2, 0.25) is 11.6 Å². The van der Waals surface area contributed by atoms with Crippen LogP contribution in [0.25, 0.3) is 0 Å². The number of aliphatic hydroxyl groups excluding tert-OH is 2. The van der Waals surface area contributed by atoms with E-state index >= 15 is 8.78 Å². The molecule has 4 fully saturated rings. The molecule has 4 unspecified atom stereocenters. The zero-order valence-corrected chi connectivity index (χ0v) is 19.6. The fourth-order valence-corrected chi connectivity index (χ4v) is 8.45. The van der Waals surface area contributed by atoms with Crippen LogP contribution in [0.1, 0.15) is 59.3 Å². The van der Waals surface area contributed by atoms with Crippen molar-refractivity contribution in [3.63, 3.8) is 0 Å². The van der Waals surface area contributed by atoms with Crippen LogP contribution in [0.4, 0.5) is 8.78 Å². The Balaban J connectivity index is 1.88. The standard InChI is InChI=1S/C24H32F2O8/c1-4-6-23(20(32)33)7-5-11-12-8-13(25)15-16(29)17(30)18(34-10-27)19(31)22(15,3)24(12,26)14(28)9-21(11,23)2/h11-15,18,27-28H,4-10H2,1-3H3,(H,32,33)/t11?,12?,13-,14-,15?,18?,21-,22+,23+,24-/m0/s1. The number of alkyl halides is 2. The van der Waals surface area contributed by atoms with E-state index in [0.717, 1.165) is 6.92 Å². The fraction of sp³-hybridized carbons (Fsp3) is 0.833. The Morgan fingerprint density at radius 2 is 1.82 bits per heavy atom. The average molecular weight is 487 g/mol. The van der Waals surface area contributed by atoms with Gasteiger partial charge in [-0.25, -0.2) is 8.78 Å². The molecule has 4 aliphatic carbocycles. The molecular weight excluding hydrogens is 454 g/mol. The van der Waals surface area contributed by atoms with Gasteiger partial charge < -0.3 is 20.1 Å². The summed E-state index contributed by atoms with van der Waals surface area (Å²) in [5.41, 5.74) is -7.49. The summed E-state index contributed by atoms with van der Waals surface area (Å²) in [6.45, 7) is 3.52. The zero-order valence-electron chi connectivity index (χ0n) is 19.6. The van der Waals surface area contributed by atoms with Gasteiger partial charge in [-0.2, -0.15) is 0 Å². The molecule has 8 nitrogen and oxygen atoms in total. The number of hydrogen-bond donors (Lipinski definition) is 3. The van der Waals surface area contributed by atoms with Crippen LogP contribution in [-0.4, -0.2) is 69.5 Å². The van der Waals surface area contributed by atoms with E-state index < -0.39 is 94.6 Å². The predicted molar refractivity (Wildman–Crippen MR) is 112 cm³/mol. The number of carboxylic acids is 1. The molecule has 0 heterocycles. The van der Waals surface area contributed by atoms with Crippen molar-refractivity contribution in [2.75, 3.05) is 6.79 Å². The fourth-order valence-electron chi connectivity index (χ4n) is 8.45. The van der Waals surface area contributed by atoms with E-state index in [1.54, 1.807) is 6.92 Å². The summed E-state index contributed by atoms with van der Waals surface area (Å²) in [7, 11) is 0. The summed E-state index contributed by atoms with van der Waals surface area (Å²) >= 11 is 0. The van der Waals surface area contributed by atoms with Gasteiger partial charge in [0.1, 0.15) is 13.0 Å². The van der Waals surface area contributed by atoms with Crippen LogP contribution in [0.3, 0.4) is 0 Å². The SMILES string of the molecule is CCC[C@]1(C(=O)O)CCC2C3C[C@H](F)C4C(=O)C(=O)C(OCO)C(=O)[C@]4(C)[C@@]3(F)[C@@H](O)C[C@@]21C. The second-order valence-corrected chi connectivity index (χ2v) is 11.0. The lowest BCUT2D eigenvalue weighted by atomic mass is 9.40. The molecule has 0 radical (unpaired) electrons. The summed E-state index contributed by atoms with van der Waals surface area (Å²) in [4.78, 5) is 51.3. The number of carbonyl (C=O) groups is 4. The average Bonchev–Trinajstić information content (AvgIpc) is 3.05. The van der Waals surface area contributed by atoms with E-state index in [4.69, 9.17) is 9.84 Å². The van der Waals surface area contributed by atoms with Crippen LogP contribution in [0, 0.1) is 34.0 Å². The number of ether oxygens (including phenoxy) is 1. The number of hydrogen-bond acceptors (Lipinski definition) is 7. The van der Waals surface area contributed by atoms with Gasteiger partial charge >= 0.3 is 5.97 Å². The van der Waals surface area contributed by atoms with Gasteiger partial charge in [0, 0.05) is 5.92 Å². The van der Waals surface area contributed by atoms with Gasteiger partial charge in [-0.3, -0.25) is 19.2 Å². The van der Waals surface area contributed by atoms with Crippen molar-refractivity contribution in [2.45, 2.75) is 83.3 Å². The molecule has 34 heavy (non-hydrogen) atoms. The highest BCUT2D eigenvalue weighted by molar-refractivity contribution is 6.46. The predicted octanol–water partition coefficient (Wildman–Crippen LogP) is 1.78. The lowest BCUT2D eigenvalue weighted by Crippen LogP contribution is -2.77. The van der Waals surface area contributed by atoms with Crippen molar-refractivity contribution in [1.82, 2.24) is 0 Å². The molecule has 0 spiro atoms. The third-order valence-electron chi connectivity index (χ3n) is 10.0. The zero-order chi connectivity index (χ0) is 25.4. The lowest BCUT2D eigenvalue weighted by Gasteiger charge is -2.64. The Bertz CT molecular complexity index is 940. The highest BCUT2D eigenvalue weighted by Gasteiger charge is 2.80. The smallest absolute Gasteiger partial charge is 0.310 e. The summed E-state index contributed by atoms with van der Waals surface area (Å²) in [6, 6.07) is 0. The molecule has 4 aliphatic rings. The number of carboxylic acid groups (broad SMARTS) is 1. The molecule has 10 heteroatoms. The first-order chi connectivity index (χ1) is 15.8. The molecule has 0 aromatic heterocycles. The maximum atomic E-state index is 17.3. The molecule has 4 saturated carbocycles. The highest BCUT2D eigenvalue weighted by atomic mass is 19.1. The molecule has 3 N–H and O–H groups in total. The van der Waals surface area contributed by atoms with Crippen LogP contribution >= 0.6 is 0 Å². The Morgan fingerprint density at radius 3 is 2.38 bits per heavy atom. The number of Topliss-reactive ketones (excluding diaryl/α,β-unsaturated/α-hetero) is 3. The molecule has 190 valence electrons. The number of ketones is 3. The van der Waals surface area contributed by atoms with E-state index in [1.807, 2.05) is 6.92 Å². The topological polar surface area (TPSA) is 138 Å². The summed E-state index contributed by atoms with van der Waals surface area (Å²) < 4.78 is 37.8. The number of carbonyl (C=O) groups excluding carboxylic acids is 3. The number of rotatable bonds is 5. The summed E-state index contributed by atoms with van der Waals surface area (Å²) in [5.74, 6) is -8.66. The minimum Gasteiger partial charge on any atom is -0.481 e. The highest BCUT2D eigenvalue weighted by Crippen LogP contribution is 2.73. The van der Waals surface area contributed by atoms with Gasteiger partial charge in [0.15, 0.2) is 17.6 Å². The normalized spacial score (nSPS) is 50.5. The minimum atomic E-state index is -2.78. The molecule has 0 aliphatic heterocycles. The van der Waals surface area contributed by atoms with Gasteiger partial charge in [0.25, 0.3) is 0 Å². The number of halogens is 2. The van der Waals surface area contributed by atoms with Crippen molar-refractivity contribution in [3.05, 3.63) is 0 Å². The minimum absolute atomic E-state index is 0.231. The van der Waals surface area contributed by atoms with Crippen molar-refractivity contribution in [2.24, 2.45) is 34.0 Å². The molecular formula is C24H32F2O8. The van der Waals surface area contributed by atoms with Crippen LogP contribution in [0.5, 0.6) is 0 Å². The molecule has 0 aromatic carbocycles. The number of aliphatic hydroxyl groups is 2. The monoisotopic (exact) mass is 486 g/mol. The van der Waals surface area contributed by atoms with Crippen LogP contribution in [0.2, 0.25) is 0 Å². The molecule has 0 aromatic rings. The van der Waals surface area contributed by atoms with Crippen LogP contribution < -0.4 is 0 Å². The molecule has 0 bridgehead atoms. The quantitative estimate of drug-likeness (QED) is 0.304. The molecule has 4 rings (SSSR count). The maximum absolute atomic E-state index is 17.3. The first-order valence-electron chi connectivity index (χ1n) is 11.9. The Hall–Kier alpha value is -1.78. The number of aliphatic carboxylic acids is 1. The second-order valence-electron chi connectivity index (χ2n) is 11.0. The van der Waals surface area contributed by atoms with E-state index in [1.165, 1.54) is 0 Å². The Kier molecular flexibility index (Phi) is 5.85. The van der Waals surface area contributed by atoms with Crippen molar-refractivity contribution < 1.29 is 48.0 Å². The van der Waals surface area contributed by atoms with Crippen molar-refractivity contribution in [3.8, 4) is 0 Å². The first kappa shape index (κ1) is 25.3. The Labute approximate surface area is 196 Å². The first-order valence-corrected chi connectivity index (χ1v) is 11.9. The second kappa shape index (κ2) is 7.86. The largest absolute Gasteiger partial charge is 0.481 e. The van der Waals surface area contributed by atoms with E-state index in [2.05, 4.69) is 0 Å². The summed E-state index contributed by atoms with van der Waals surface area (Å²) in [6.07, 6.45) is -5.40. The Morgan fingerprint density at radius 1 is 1.18 bits per heavy atom. The van der Waals surface area contributed by atoms with Crippen molar-refractivity contribution in [1.29, 1.82) is 0 Å². The maximum Gasteiger partial charge on any atom is 0.310 e. The molecule has 0 amide bonds. The van der Waals surface area contributed by atoms with E-state index in [0.29, 0.717) is 12.8 Å². The van der Waals surface area contributed by atoms with Crippen molar-refractivity contribution >= 4 is 23.3 Å².